The maximum absolute atomic E-state index is 11.8. The van der Waals surface area contributed by atoms with E-state index in [9.17, 15) is 9.59 Å². The first-order chi connectivity index (χ1) is 8.63. The molecule has 4 nitrogen and oxygen atoms in total. The lowest BCUT2D eigenvalue weighted by Gasteiger charge is -2.22. The van der Waals surface area contributed by atoms with Crippen molar-refractivity contribution in [1.29, 1.82) is 0 Å². The number of hydrogen-bond donors (Lipinski definition) is 1. The van der Waals surface area contributed by atoms with Crippen molar-refractivity contribution < 1.29 is 19.4 Å². The molecule has 0 spiro atoms. The van der Waals surface area contributed by atoms with Gasteiger partial charge in [0, 0.05) is 0 Å². The molecule has 1 aliphatic rings. The maximum atomic E-state index is 11.8. The molecule has 1 rings (SSSR count). The zero-order chi connectivity index (χ0) is 13.4. The van der Waals surface area contributed by atoms with Gasteiger partial charge in [-0.2, -0.15) is 0 Å². The Hall–Kier alpha value is -1.06. The minimum atomic E-state index is -0.928. The summed E-state index contributed by atoms with van der Waals surface area (Å²) < 4.78 is 5.29. The van der Waals surface area contributed by atoms with Gasteiger partial charge in [0.2, 0.25) is 0 Å². The number of rotatable bonds is 7. The van der Waals surface area contributed by atoms with Gasteiger partial charge in [0.05, 0.1) is 18.9 Å². The molecular formula is C14H24O4. The second kappa shape index (κ2) is 8.11. The Labute approximate surface area is 109 Å². The van der Waals surface area contributed by atoms with Crippen LogP contribution in [0.4, 0.5) is 0 Å². The lowest BCUT2D eigenvalue weighted by atomic mass is 9.90. The summed E-state index contributed by atoms with van der Waals surface area (Å²) in [6.07, 6.45) is 7.26. The Morgan fingerprint density at radius 2 is 1.94 bits per heavy atom. The van der Waals surface area contributed by atoms with Gasteiger partial charge in [-0.15, -0.1) is 0 Å². The van der Waals surface area contributed by atoms with E-state index in [2.05, 4.69) is 0 Å². The molecule has 1 unspecified atom stereocenters. The summed E-state index contributed by atoms with van der Waals surface area (Å²) in [5.74, 6) is -1.25. The first-order valence-electron chi connectivity index (χ1n) is 7.02. The van der Waals surface area contributed by atoms with Gasteiger partial charge in [0.25, 0.3) is 0 Å². The number of aliphatic carboxylic acids is 1. The average molecular weight is 256 g/mol. The third-order valence-corrected chi connectivity index (χ3v) is 3.58. The predicted octanol–water partition coefficient (Wildman–Crippen LogP) is 3.00. The minimum Gasteiger partial charge on any atom is -0.481 e. The number of hydrogen-bond acceptors (Lipinski definition) is 3. The van der Waals surface area contributed by atoms with Crippen molar-refractivity contribution in [2.75, 3.05) is 6.61 Å². The van der Waals surface area contributed by atoms with Crippen LogP contribution in [0.1, 0.15) is 58.3 Å². The van der Waals surface area contributed by atoms with E-state index in [1.807, 2.05) is 6.92 Å². The summed E-state index contributed by atoms with van der Waals surface area (Å²) >= 11 is 0. The average Bonchev–Trinajstić information content (AvgIpc) is 2.36. The fraction of sp³-hybridized carbons (Fsp3) is 0.857. The van der Waals surface area contributed by atoms with Crippen molar-refractivity contribution in [2.24, 2.45) is 11.8 Å². The third-order valence-electron chi connectivity index (χ3n) is 3.58. The molecule has 1 saturated carbocycles. The molecule has 1 aliphatic carbocycles. The molecule has 1 N–H and O–H groups in total. The summed E-state index contributed by atoms with van der Waals surface area (Å²) in [6.45, 7) is 2.42. The monoisotopic (exact) mass is 256 g/mol. The normalized spacial score (nSPS) is 18.3. The topological polar surface area (TPSA) is 63.6 Å². The molecule has 1 atom stereocenters. The molecule has 0 aromatic rings. The summed E-state index contributed by atoms with van der Waals surface area (Å²) in [4.78, 5) is 22.5. The van der Waals surface area contributed by atoms with Gasteiger partial charge in [0.1, 0.15) is 0 Å². The van der Waals surface area contributed by atoms with Crippen LogP contribution < -0.4 is 0 Å². The highest BCUT2D eigenvalue weighted by molar-refractivity contribution is 5.79. The molecule has 0 aromatic carbocycles. The van der Waals surface area contributed by atoms with Crippen molar-refractivity contribution in [3.05, 3.63) is 0 Å². The molecule has 0 amide bonds. The van der Waals surface area contributed by atoms with E-state index in [0.717, 1.165) is 19.3 Å². The molecule has 1 fully saturated rings. The van der Waals surface area contributed by atoms with Gasteiger partial charge in [0.15, 0.2) is 0 Å². The van der Waals surface area contributed by atoms with Crippen LogP contribution in [0.3, 0.4) is 0 Å². The van der Waals surface area contributed by atoms with Crippen molar-refractivity contribution in [3.63, 3.8) is 0 Å². The van der Waals surface area contributed by atoms with E-state index in [4.69, 9.17) is 9.84 Å². The molecular weight excluding hydrogens is 232 g/mol. The van der Waals surface area contributed by atoms with Crippen LogP contribution in [0.15, 0.2) is 0 Å². The summed E-state index contributed by atoms with van der Waals surface area (Å²) in [7, 11) is 0. The molecule has 18 heavy (non-hydrogen) atoms. The van der Waals surface area contributed by atoms with Crippen molar-refractivity contribution in [1.82, 2.24) is 0 Å². The molecule has 0 saturated heterocycles. The molecule has 4 heteroatoms. The van der Waals surface area contributed by atoms with E-state index in [1.54, 1.807) is 0 Å². The Kier molecular flexibility index (Phi) is 6.76. The second-order valence-corrected chi connectivity index (χ2v) is 5.22. The third kappa shape index (κ3) is 5.52. The second-order valence-electron chi connectivity index (χ2n) is 5.22. The first kappa shape index (κ1) is 15.0. The lowest BCUT2D eigenvalue weighted by molar-refractivity contribution is -0.154. The SMILES string of the molecule is CCCC(CC(=O)O)C(=O)OCC1CCCCC1. The highest BCUT2D eigenvalue weighted by Gasteiger charge is 2.23. The molecule has 0 aliphatic heterocycles. The largest absolute Gasteiger partial charge is 0.481 e. The number of ether oxygens (including phenoxy) is 1. The van der Waals surface area contributed by atoms with Crippen LogP contribution in [0.25, 0.3) is 0 Å². The first-order valence-corrected chi connectivity index (χ1v) is 7.02. The van der Waals surface area contributed by atoms with E-state index >= 15 is 0 Å². The summed E-state index contributed by atoms with van der Waals surface area (Å²) in [5.41, 5.74) is 0. The van der Waals surface area contributed by atoms with Gasteiger partial charge < -0.3 is 9.84 Å². The highest BCUT2D eigenvalue weighted by Crippen LogP contribution is 2.24. The van der Waals surface area contributed by atoms with Crippen molar-refractivity contribution >= 4 is 11.9 Å². The number of carboxylic acid groups (broad SMARTS) is 1. The lowest BCUT2D eigenvalue weighted by Crippen LogP contribution is -2.24. The van der Waals surface area contributed by atoms with Crippen LogP contribution in [0.2, 0.25) is 0 Å². The van der Waals surface area contributed by atoms with Crippen LogP contribution in [0, 0.1) is 11.8 Å². The predicted molar refractivity (Wildman–Crippen MR) is 68.2 cm³/mol. The Bertz CT molecular complexity index is 269. The number of carbonyl (C=O) groups is 2. The smallest absolute Gasteiger partial charge is 0.309 e. The van der Waals surface area contributed by atoms with Gasteiger partial charge in [-0.3, -0.25) is 9.59 Å². The Morgan fingerprint density at radius 1 is 1.28 bits per heavy atom. The van der Waals surface area contributed by atoms with E-state index < -0.39 is 11.9 Å². The number of esters is 1. The number of carboxylic acids is 1. The maximum Gasteiger partial charge on any atom is 0.309 e. The van der Waals surface area contributed by atoms with Gasteiger partial charge in [-0.05, 0) is 25.2 Å². The fourth-order valence-electron chi connectivity index (χ4n) is 2.53. The van der Waals surface area contributed by atoms with Gasteiger partial charge in [-0.1, -0.05) is 32.6 Å². The molecule has 0 radical (unpaired) electrons. The van der Waals surface area contributed by atoms with Crippen molar-refractivity contribution in [2.45, 2.75) is 58.3 Å². The molecule has 0 bridgehead atoms. The van der Waals surface area contributed by atoms with Crippen LogP contribution >= 0.6 is 0 Å². The Morgan fingerprint density at radius 3 is 2.50 bits per heavy atom. The van der Waals surface area contributed by atoms with E-state index in [1.165, 1.54) is 19.3 Å². The zero-order valence-electron chi connectivity index (χ0n) is 11.2. The van der Waals surface area contributed by atoms with Gasteiger partial charge in [-0.25, -0.2) is 0 Å². The van der Waals surface area contributed by atoms with Gasteiger partial charge >= 0.3 is 11.9 Å². The standard InChI is InChI=1S/C14H24O4/c1-2-6-12(9-13(15)16)14(17)18-10-11-7-4-3-5-8-11/h11-12H,2-10H2,1H3,(H,15,16). The highest BCUT2D eigenvalue weighted by atomic mass is 16.5. The van der Waals surface area contributed by atoms with Crippen LogP contribution in [-0.2, 0) is 14.3 Å². The summed E-state index contributed by atoms with van der Waals surface area (Å²) in [6, 6.07) is 0. The quantitative estimate of drug-likeness (QED) is 0.711. The minimum absolute atomic E-state index is 0.114. The molecule has 0 aromatic heterocycles. The molecule has 0 heterocycles. The van der Waals surface area contributed by atoms with Crippen molar-refractivity contribution in [3.8, 4) is 0 Å². The van der Waals surface area contributed by atoms with Crippen LogP contribution in [-0.4, -0.2) is 23.7 Å². The fourth-order valence-corrected chi connectivity index (χ4v) is 2.53. The van der Waals surface area contributed by atoms with E-state index in [-0.39, 0.29) is 12.4 Å². The molecule has 104 valence electrons. The number of carbonyl (C=O) groups excluding carboxylic acids is 1. The Balaban J connectivity index is 2.32. The van der Waals surface area contributed by atoms with E-state index in [0.29, 0.717) is 18.9 Å². The van der Waals surface area contributed by atoms with Crippen LogP contribution in [0.5, 0.6) is 0 Å². The zero-order valence-corrected chi connectivity index (χ0v) is 11.2. The summed E-state index contributed by atoms with van der Waals surface area (Å²) in [5, 5.41) is 8.77.